The Morgan fingerprint density at radius 1 is 1.09 bits per heavy atom. The van der Waals surface area contributed by atoms with Crippen LogP contribution >= 0.6 is 0 Å². The number of hydrogen-bond acceptors (Lipinski definition) is 6. The Balaban J connectivity index is 1.66. The second-order valence-electron chi connectivity index (χ2n) is 7.62. The molecule has 2 heterocycles. The smallest absolute Gasteiger partial charge is 0.335 e. The predicted octanol–water partition coefficient (Wildman–Crippen LogP) is 1.75. The topological polar surface area (TPSA) is 137 Å². The van der Waals surface area contributed by atoms with Gasteiger partial charge in [-0.15, -0.1) is 0 Å². The van der Waals surface area contributed by atoms with Crippen molar-refractivity contribution in [2.45, 2.75) is 13.5 Å². The van der Waals surface area contributed by atoms with Crippen molar-refractivity contribution in [1.29, 1.82) is 0 Å². The van der Waals surface area contributed by atoms with Crippen molar-refractivity contribution in [3.05, 3.63) is 110 Å². The van der Waals surface area contributed by atoms with Crippen LogP contribution < -0.4 is 27.5 Å². The minimum atomic E-state index is -0.580. The lowest BCUT2D eigenvalue weighted by atomic mass is 10.1. The highest BCUT2D eigenvalue weighted by atomic mass is 16.5. The van der Waals surface area contributed by atoms with Crippen molar-refractivity contribution in [2.24, 2.45) is 17.8 Å². The number of rotatable bonds is 6. The van der Waals surface area contributed by atoms with E-state index in [1.165, 1.54) is 29.9 Å². The van der Waals surface area contributed by atoms with Crippen LogP contribution in [0.2, 0.25) is 0 Å². The van der Waals surface area contributed by atoms with Crippen molar-refractivity contribution < 1.29 is 9.53 Å². The van der Waals surface area contributed by atoms with E-state index in [-0.39, 0.29) is 23.6 Å². The van der Waals surface area contributed by atoms with E-state index in [1.807, 2.05) is 31.2 Å². The molecule has 2 aromatic carbocycles. The van der Waals surface area contributed by atoms with Gasteiger partial charge in [-0.1, -0.05) is 29.8 Å². The minimum absolute atomic E-state index is 0.123. The molecule has 0 unspecified atom stereocenters. The average molecular weight is 458 g/mol. The van der Waals surface area contributed by atoms with Crippen LogP contribution in [0.1, 0.15) is 21.5 Å². The van der Waals surface area contributed by atoms with Gasteiger partial charge >= 0.3 is 11.4 Å². The van der Waals surface area contributed by atoms with Gasteiger partial charge in [0.1, 0.15) is 5.75 Å². The van der Waals surface area contributed by atoms with Gasteiger partial charge in [0.2, 0.25) is 17.4 Å². The number of aromatic amines is 1. The zero-order chi connectivity index (χ0) is 24.2. The Hall–Kier alpha value is -4.73. The normalized spacial score (nSPS) is 11.4. The molecule has 2 aromatic heterocycles. The summed E-state index contributed by atoms with van der Waals surface area (Å²) in [6.07, 6.45) is 1.43. The Labute approximate surface area is 193 Å². The number of hydrogen-bond donors (Lipinski definition) is 2. The molecule has 10 heteroatoms. The Kier molecular flexibility index (Phi) is 6.22. The van der Waals surface area contributed by atoms with E-state index in [0.29, 0.717) is 11.4 Å². The number of pyridine rings is 1. The number of amides is 1. The highest BCUT2D eigenvalue weighted by molar-refractivity contribution is 5.92. The summed E-state index contributed by atoms with van der Waals surface area (Å²) in [7, 11) is 1.41. The van der Waals surface area contributed by atoms with E-state index in [1.54, 1.807) is 24.3 Å². The van der Waals surface area contributed by atoms with Gasteiger partial charge in [0.05, 0.1) is 12.2 Å². The summed E-state index contributed by atoms with van der Waals surface area (Å²) in [6.45, 7) is 2.22. The van der Waals surface area contributed by atoms with E-state index in [4.69, 9.17) is 10.5 Å². The maximum absolute atomic E-state index is 12.8. The Bertz CT molecular complexity index is 1530. The molecule has 0 aliphatic rings. The third kappa shape index (κ3) is 5.01. The first kappa shape index (κ1) is 22.5. The molecule has 0 saturated carbocycles. The summed E-state index contributed by atoms with van der Waals surface area (Å²) in [4.78, 5) is 47.5. The molecule has 0 bridgehead atoms. The van der Waals surface area contributed by atoms with E-state index in [2.05, 4.69) is 15.0 Å². The molecule has 0 spiro atoms. The minimum Gasteiger partial charge on any atom is -0.439 e. The van der Waals surface area contributed by atoms with Gasteiger partial charge in [-0.2, -0.15) is 0 Å². The fourth-order valence-electron chi connectivity index (χ4n) is 3.16. The van der Waals surface area contributed by atoms with Crippen LogP contribution in [0.4, 0.5) is 5.69 Å². The van der Waals surface area contributed by atoms with Gasteiger partial charge < -0.3 is 10.5 Å². The maximum atomic E-state index is 12.8. The summed E-state index contributed by atoms with van der Waals surface area (Å²) in [5, 5.41) is 0. The lowest BCUT2D eigenvalue weighted by Gasteiger charge is -2.09. The first-order valence-corrected chi connectivity index (χ1v) is 10.3. The molecular formula is C24H22N6O4. The molecule has 4 rings (SSSR count). The first-order chi connectivity index (χ1) is 16.3. The third-order valence-electron chi connectivity index (χ3n) is 5.07. The molecule has 34 heavy (non-hydrogen) atoms. The zero-order valence-electron chi connectivity index (χ0n) is 18.6. The summed E-state index contributed by atoms with van der Waals surface area (Å²) in [5.74, 6) is 0.0919. The second kappa shape index (κ2) is 9.41. The van der Waals surface area contributed by atoms with Gasteiger partial charge in [0.25, 0.3) is 0 Å². The highest BCUT2D eigenvalue weighted by Gasteiger charge is 2.08. The number of nitrogens with zero attached hydrogens (tertiary/aromatic N) is 4. The molecule has 4 aromatic rings. The molecule has 0 saturated heterocycles. The molecule has 1 amide bonds. The molecule has 0 radical (unpaired) electrons. The summed E-state index contributed by atoms with van der Waals surface area (Å²) in [5.41, 5.74) is 7.13. The number of carbonyl (C=O) groups excluding carboxylic acids is 1. The molecule has 0 aliphatic heterocycles. The van der Waals surface area contributed by atoms with Crippen LogP contribution in [0.15, 0.2) is 81.4 Å². The monoisotopic (exact) mass is 458 g/mol. The largest absolute Gasteiger partial charge is 0.439 e. The quantitative estimate of drug-likeness (QED) is 0.453. The van der Waals surface area contributed by atoms with Gasteiger partial charge in [-0.05, 0) is 42.8 Å². The number of benzene rings is 2. The lowest BCUT2D eigenvalue weighted by molar-refractivity contribution is 0.1000. The van der Waals surface area contributed by atoms with Crippen LogP contribution in [0, 0.1) is 6.92 Å². The number of carbonyl (C=O) groups is 1. The Morgan fingerprint density at radius 2 is 1.79 bits per heavy atom. The molecule has 172 valence electrons. The molecular weight excluding hydrogens is 436 g/mol. The third-order valence-corrected chi connectivity index (χ3v) is 5.07. The van der Waals surface area contributed by atoms with Crippen molar-refractivity contribution in [2.75, 3.05) is 0 Å². The van der Waals surface area contributed by atoms with Crippen LogP contribution in [-0.2, 0) is 13.6 Å². The SMILES string of the molecule is Cc1ccc(Cn2c(=O)n(C)c(=O)[nH]/c2=N\c2ccc(Oc3cc(C(N)=O)ccn3)cc2)cc1. The Morgan fingerprint density at radius 3 is 2.47 bits per heavy atom. The van der Waals surface area contributed by atoms with Gasteiger partial charge in [-0.3, -0.25) is 14.3 Å². The van der Waals surface area contributed by atoms with Crippen molar-refractivity contribution in [3.63, 3.8) is 0 Å². The van der Waals surface area contributed by atoms with Crippen molar-refractivity contribution in [3.8, 4) is 11.6 Å². The molecule has 3 N–H and O–H groups in total. The molecule has 0 fully saturated rings. The van der Waals surface area contributed by atoms with Crippen LogP contribution in [0.25, 0.3) is 0 Å². The number of ether oxygens (including phenoxy) is 1. The summed E-state index contributed by atoms with van der Waals surface area (Å²) in [6, 6.07) is 17.3. The molecule has 0 atom stereocenters. The second-order valence-corrected chi connectivity index (χ2v) is 7.62. The lowest BCUT2D eigenvalue weighted by Crippen LogP contribution is -2.48. The zero-order valence-corrected chi connectivity index (χ0v) is 18.6. The van der Waals surface area contributed by atoms with Crippen LogP contribution in [0.5, 0.6) is 11.6 Å². The van der Waals surface area contributed by atoms with Gasteiger partial charge in [0.15, 0.2) is 0 Å². The van der Waals surface area contributed by atoms with Crippen LogP contribution in [-0.4, -0.2) is 25.0 Å². The average Bonchev–Trinajstić information content (AvgIpc) is 2.83. The number of nitrogens with two attached hydrogens (primary N) is 1. The standard InChI is InChI=1S/C24H22N6O4/c1-15-3-5-16(6-4-15)14-30-22(28-23(32)29(2)24(30)33)27-18-7-9-19(10-8-18)34-20-13-17(21(25)31)11-12-26-20/h3-13H,14H2,1-2H3,(H2,25,31)(H,27,28,32). The van der Waals surface area contributed by atoms with E-state index < -0.39 is 17.3 Å². The van der Waals surface area contributed by atoms with Crippen molar-refractivity contribution >= 4 is 11.6 Å². The number of H-pyrrole nitrogens is 1. The number of aryl methyl sites for hydroxylation is 1. The van der Waals surface area contributed by atoms with Gasteiger partial charge in [-0.25, -0.2) is 24.1 Å². The van der Waals surface area contributed by atoms with E-state index >= 15 is 0 Å². The maximum Gasteiger partial charge on any atom is 0.335 e. The summed E-state index contributed by atoms with van der Waals surface area (Å²) >= 11 is 0. The van der Waals surface area contributed by atoms with Crippen LogP contribution in [0.3, 0.4) is 0 Å². The van der Waals surface area contributed by atoms with Gasteiger partial charge in [0, 0.05) is 24.9 Å². The van der Waals surface area contributed by atoms with Crippen molar-refractivity contribution in [1.82, 2.24) is 19.1 Å². The summed E-state index contributed by atoms with van der Waals surface area (Å²) < 4.78 is 8.06. The van der Waals surface area contributed by atoms with E-state index in [9.17, 15) is 14.4 Å². The number of nitrogens with one attached hydrogen (secondary N) is 1. The highest BCUT2D eigenvalue weighted by Crippen LogP contribution is 2.23. The molecule has 0 aliphatic carbocycles. The number of primary amides is 1. The first-order valence-electron chi connectivity index (χ1n) is 10.3. The van der Waals surface area contributed by atoms with E-state index in [0.717, 1.165) is 15.7 Å². The number of aromatic nitrogens is 4. The fourth-order valence-corrected chi connectivity index (χ4v) is 3.16. The fraction of sp³-hybridized carbons (Fsp3) is 0.125. The molecule has 10 nitrogen and oxygen atoms in total. The predicted molar refractivity (Wildman–Crippen MR) is 125 cm³/mol.